The van der Waals surface area contributed by atoms with Crippen LogP contribution in [0.15, 0.2) is 11.5 Å². The number of nitrogens with one attached hydrogen (secondary N) is 1. The van der Waals surface area contributed by atoms with E-state index >= 15 is 0 Å². The van der Waals surface area contributed by atoms with Crippen LogP contribution < -0.4 is 5.32 Å². The van der Waals surface area contributed by atoms with Crippen molar-refractivity contribution in [2.24, 2.45) is 0 Å². The van der Waals surface area contributed by atoms with E-state index in [1.807, 2.05) is 0 Å². The van der Waals surface area contributed by atoms with Gasteiger partial charge in [-0.2, -0.15) is 0 Å². The summed E-state index contributed by atoms with van der Waals surface area (Å²) in [5.74, 6) is 0. The summed E-state index contributed by atoms with van der Waals surface area (Å²) < 4.78 is 12.1. The Hall–Kier alpha value is -0.0251. The fourth-order valence-corrected chi connectivity index (χ4v) is 2.03. The molecule has 0 aromatic carbocycles. The molecule has 2 rings (SSSR count). The maximum absolute atomic E-state index is 6.04. The number of halogens is 1. The topological polar surface area (TPSA) is 30.5 Å². The number of rotatable bonds is 1. The van der Waals surface area contributed by atoms with E-state index in [2.05, 4.69) is 39.1 Å². The molecule has 3 nitrogen and oxygen atoms in total. The van der Waals surface area contributed by atoms with E-state index in [9.17, 15) is 0 Å². The van der Waals surface area contributed by atoms with Crippen LogP contribution in [0.5, 0.6) is 0 Å². The van der Waals surface area contributed by atoms with Crippen LogP contribution in [-0.2, 0) is 9.31 Å². The molecule has 0 amide bonds. The van der Waals surface area contributed by atoms with E-state index in [1.165, 1.54) is 5.47 Å². The van der Waals surface area contributed by atoms with E-state index in [0.29, 0.717) is 0 Å². The van der Waals surface area contributed by atoms with Crippen molar-refractivity contribution < 1.29 is 9.31 Å². The molecule has 0 unspecified atom stereocenters. The lowest BCUT2D eigenvalue weighted by atomic mass is 9.75. The van der Waals surface area contributed by atoms with Gasteiger partial charge in [0.15, 0.2) is 0 Å². The maximum atomic E-state index is 6.04. The Labute approximate surface area is 111 Å². The number of hydrogen-bond donors (Lipinski definition) is 1. The van der Waals surface area contributed by atoms with Crippen LogP contribution in [0.3, 0.4) is 0 Å². The van der Waals surface area contributed by atoms with Crippen LogP contribution in [0.2, 0.25) is 0 Å². The van der Waals surface area contributed by atoms with Gasteiger partial charge < -0.3 is 14.6 Å². The van der Waals surface area contributed by atoms with E-state index < -0.39 is 0 Å². The van der Waals surface area contributed by atoms with Crippen LogP contribution in [-0.4, -0.2) is 31.4 Å². The van der Waals surface area contributed by atoms with Crippen LogP contribution in [0.25, 0.3) is 0 Å². The van der Waals surface area contributed by atoms with E-state index in [4.69, 9.17) is 9.31 Å². The zero-order valence-corrected chi connectivity index (χ0v) is 12.0. The molecular weight excluding hydrogens is 236 g/mol. The van der Waals surface area contributed by atoms with Gasteiger partial charge >= 0.3 is 7.12 Å². The maximum Gasteiger partial charge on any atom is 0.490 e. The summed E-state index contributed by atoms with van der Waals surface area (Å²) in [5.41, 5.74) is 0.847. The van der Waals surface area contributed by atoms with Crippen molar-refractivity contribution in [1.29, 1.82) is 0 Å². The SMILES string of the molecule is CC1(C)OB(C2=CCNCCC2)OC1(C)C.Cl. The van der Waals surface area contributed by atoms with Gasteiger partial charge in [-0.15, -0.1) is 12.4 Å². The van der Waals surface area contributed by atoms with E-state index in [0.717, 1.165) is 25.9 Å². The minimum atomic E-state index is -0.224. The molecule has 17 heavy (non-hydrogen) atoms. The van der Waals surface area contributed by atoms with Crippen LogP contribution in [0.1, 0.15) is 40.5 Å². The average Bonchev–Trinajstić information content (AvgIpc) is 2.42. The molecule has 1 saturated heterocycles. The smallest absolute Gasteiger partial charge is 0.400 e. The number of hydrogen-bond acceptors (Lipinski definition) is 3. The van der Waals surface area contributed by atoms with Crippen molar-refractivity contribution in [3.63, 3.8) is 0 Å². The highest BCUT2D eigenvalue weighted by Crippen LogP contribution is 2.39. The lowest BCUT2D eigenvalue weighted by Gasteiger charge is -2.32. The quantitative estimate of drug-likeness (QED) is 0.733. The molecule has 0 saturated carbocycles. The molecule has 1 N–H and O–H groups in total. The molecule has 0 bridgehead atoms. The fourth-order valence-electron chi connectivity index (χ4n) is 2.03. The molecule has 2 heterocycles. The van der Waals surface area contributed by atoms with Gasteiger partial charge in [0, 0.05) is 6.54 Å². The minimum Gasteiger partial charge on any atom is -0.400 e. The van der Waals surface area contributed by atoms with Crippen molar-refractivity contribution >= 4 is 19.5 Å². The highest BCUT2D eigenvalue weighted by molar-refractivity contribution is 6.54. The molecule has 98 valence electrons. The average molecular weight is 260 g/mol. The summed E-state index contributed by atoms with van der Waals surface area (Å²) in [6, 6.07) is 0. The van der Waals surface area contributed by atoms with Crippen LogP contribution >= 0.6 is 12.4 Å². The Kier molecular flexibility index (Phi) is 4.70. The van der Waals surface area contributed by atoms with Crippen molar-refractivity contribution in [3.05, 3.63) is 11.5 Å². The largest absolute Gasteiger partial charge is 0.490 e. The second kappa shape index (κ2) is 5.31. The predicted molar refractivity (Wildman–Crippen MR) is 73.5 cm³/mol. The minimum absolute atomic E-state index is 0. The first-order chi connectivity index (χ1) is 7.42. The van der Waals surface area contributed by atoms with Crippen molar-refractivity contribution in [3.8, 4) is 0 Å². The number of allylic oxidation sites excluding steroid dienone is 1. The van der Waals surface area contributed by atoms with E-state index in [1.54, 1.807) is 0 Å². The second-order valence-corrected chi connectivity index (χ2v) is 5.67. The third kappa shape index (κ3) is 3.05. The van der Waals surface area contributed by atoms with Gasteiger partial charge in [-0.25, -0.2) is 0 Å². The summed E-state index contributed by atoms with van der Waals surface area (Å²) in [5, 5.41) is 3.35. The monoisotopic (exact) mass is 259 g/mol. The van der Waals surface area contributed by atoms with Gasteiger partial charge in [-0.05, 0) is 52.6 Å². The molecule has 5 heteroatoms. The fraction of sp³-hybridized carbons (Fsp3) is 0.833. The molecule has 0 aliphatic carbocycles. The van der Waals surface area contributed by atoms with Crippen LogP contribution in [0, 0.1) is 0 Å². The standard InChI is InChI=1S/C12H22BNO2.ClH/c1-11(2)12(3,4)16-13(15-11)10-6-5-8-14-9-7-10;/h7,14H,5-6,8-9H2,1-4H3;1H. The lowest BCUT2D eigenvalue weighted by molar-refractivity contribution is 0.00578. The Balaban J connectivity index is 0.00000144. The van der Waals surface area contributed by atoms with Gasteiger partial charge in [0.25, 0.3) is 0 Å². The molecule has 1 fully saturated rings. The summed E-state index contributed by atoms with van der Waals surface area (Å²) in [6.07, 6.45) is 4.45. The first-order valence-electron chi connectivity index (χ1n) is 6.18. The summed E-state index contributed by atoms with van der Waals surface area (Å²) in [6.45, 7) is 10.4. The van der Waals surface area contributed by atoms with E-state index in [-0.39, 0.29) is 30.7 Å². The van der Waals surface area contributed by atoms with Crippen molar-refractivity contribution in [1.82, 2.24) is 5.32 Å². The van der Waals surface area contributed by atoms with Gasteiger partial charge in [0.1, 0.15) is 0 Å². The Morgan fingerprint density at radius 2 is 1.76 bits per heavy atom. The van der Waals surface area contributed by atoms with Gasteiger partial charge in [-0.3, -0.25) is 0 Å². The zero-order valence-electron chi connectivity index (χ0n) is 11.2. The predicted octanol–water partition coefficient (Wildman–Crippen LogP) is 2.35. The normalized spacial score (nSPS) is 27.1. The summed E-state index contributed by atoms with van der Waals surface area (Å²) in [4.78, 5) is 0. The molecule has 0 atom stereocenters. The Morgan fingerprint density at radius 3 is 2.35 bits per heavy atom. The molecule has 0 radical (unpaired) electrons. The summed E-state index contributed by atoms with van der Waals surface area (Å²) >= 11 is 0. The van der Waals surface area contributed by atoms with Gasteiger partial charge in [0.05, 0.1) is 11.2 Å². The van der Waals surface area contributed by atoms with Crippen molar-refractivity contribution in [2.75, 3.05) is 13.1 Å². The van der Waals surface area contributed by atoms with Crippen molar-refractivity contribution in [2.45, 2.75) is 51.7 Å². The highest BCUT2D eigenvalue weighted by Gasteiger charge is 2.52. The third-order valence-corrected chi connectivity index (χ3v) is 3.88. The molecule has 0 aromatic heterocycles. The molecular formula is C12H23BClNO2. The summed E-state index contributed by atoms with van der Waals surface area (Å²) in [7, 11) is -0.148. The van der Waals surface area contributed by atoms with Crippen LogP contribution in [0.4, 0.5) is 0 Å². The Morgan fingerprint density at radius 1 is 1.18 bits per heavy atom. The highest BCUT2D eigenvalue weighted by atomic mass is 35.5. The second-order valence-electron chi connectivity index (χ2n) is 5.67. The first-order valence-corrected chi connectivity index (χ1v) is 6.18. The molecule has 2 aliphatic heterocycles. The zero-order chi connectivity index (χ0) is 11.8. The lowest BCUT2D eigenvalue weighted by Crippen LogP contribution is -2.41. The molecule has 2 aliphatic rings. The first kappa shape index (κ1) is 15.0. The van der Waals surface area contributed by atoms with Gasteiger partial charge in [-0.1, -0.05) is 6.08 Å². The Bertz CT molecular complexity index is 289. The molecule has 0 aromatic rings. The van der Waals surface area contributed by atoms with Gasteiger partial charge in [0.2, 0.25) is 0 Å². The molecule has 0 spiro atoms. The third-order valence-electron chi connectivity index (χ3n) is 3.88.